The van der Waals surface area contributed by atoms with Crippen molar-refractivity contribution in [3.05, 3.63) is 72.8 Å². The summed E-state index contributed by atoms with van der Waals surface area (Å²) in [6.45, 7) is 0. The highest BCUT2D eigenvalue weighted by Crippen LogP contribution is 2.32. The summed E-state index contributed by atoms with van der Waals surface area (Å²) in [5, 5.41) is 5.35. The van der Waals surface area contributed by atoms with E-state index < -0.39 is 0 Å². The minimum atomic E-state index is 0.911. The van der Waals surface area contributed by atoms with Crippen molar-refractivity contribution < 1.29 is 0 Å². The monoisotopic (exact) mass is 359 g/mol. The van der Waals surface area contributed by atoms with Gasteiger partial charge in [-0.15, -0.1) is 11.3 Å². The zero-order valence-electron chi connectivity index (χ0n) is 13.1. The normalized spacial score (nSPS) is 11.2. The SMILES string of the molecule is c1ccc2sc(Nc3ccc(-c4nc5ccccc5s4)cc3)nc2c1. The second kappa shape index (κ2) is 5.95. The molecule has 0 saturated heterocycles. The fourth-order valence-electron chi connectivity index (χ4n) is 2.74. The Kier molecular flexibility index (Phi) is 3.47. The number of hydrogen-bond donors (Lipinski definition) is 1. The molecule has 0 fully saturated rings. The maximum atomic E-state index is 4.71. The van der Waals surface area contributed by atoms with Crippen LogP contribution in [-0.4, -0.2) is 9.97 Å². The van der Waals surface area contributed by atoms with E-state index in [1.807, 2.05) is 24.3 Å². The molecule has 5 aromatic rings. The molecule has 0 amide bonds. The van der Waals surface area contributed by atoms with Crippen LogP contribution in [0, 0.1) is 0 Å². The van der Waals surface area contributed by atoms with Gasteiger partial charge in [-0.05, 0) is 48.5 Å². The van der Waals surface area contributed by atoms with Crippen molar-refractivity contribution in [1.29, 1.82) is 0 Å². The van der Waals surface area contributed by atoms with Crippen LogP contribution in [0.25, 0.3) is 31.0 Å². The quantitative estimate of drug-likeness (QED) is 0.410. The summed E-state index contributed by atoms with van der Waals surface area (Å²) in [4.78, 5) is 9.33. The number of nitrogens with zero attached hydrogens (tertiary/aromatic N) is 2. The minimum Gasteiger partial charge on any atom is -0.332 e. The first-order valence-corrected chi connectivity index (χ1v) is 9.57. The molecule has 2 heterocycles. The van der Waals surface area contributed by atoms with Crippen LogP contribution >= 0.6 is 22.7 Å². The molecule has 0 spiro atoms. The molecule has 5 heteroatoms. The third-order valence-electron chi connectivity index (χ3n) is 3.97. The van der Waals surface area contributed by atoms with E-state index in [0.717, 1.165) is 32.4 Å². The van der Waals surface area contributed by atoms with Crippen LogP contribution < -0.4 is 5.32 Å². The average Bonchev–Trinajstić information content (AvgIpc) is 3.25. The average molecular weight is 359 g/mol. The molecule has 5 rings (SSSR count). The van der Waals surface area contributed by atoms with Gasteiger partial charge in [0.1, 0.15) is 5.01 Å². The lowest BCUT2D eigenvalue weighted by molar-refractivity contribution is 1.44. The highest BCUT2D eigenvalue weighted by atomic mass is 32.1. The number of benzene rings is 3. The van der Waals surface area contributed by atoms with Crippen LogP contribution in [0.2, 0.25) is 0 Å². The Hall–Kier alpha value is -2.76. The third-order valence-corrected chi connectivity index (χ3v) is 6.01. The van der Waals surface area contributed by atoms with Crippen LogP contribution in [-0.2, 0) is 0 Å². The van der Waals surface area contributed by atoms with Crippen molar-refractivity contribution in [3.8, 4) is 10.6 Å². The van der Waals surface area contributed by atoms with Crippen molar-refractivity contribution in [2.24, 2.45) is 0 Å². The van der Waals surface area contributed by atoms with Gasteiger partial charge in [-0.1, -0.05) is 35.6 Å². The smallest absolute Gasteiger partial charge is 0.188 e. The number of fused-ring (bicyclic) bond motifs is 2. The first-order chi connectivity index (χ1) is 12.3. The van der Waals surface area contributed by atoms with Gasteiger partial charge in [-0.3, -0.25) is 0 Å². The van der Waals surface area contributed by atoms with Crippen LogP contribution in [0.4, 0.5) is 10.8 Å². The Morgan fingerprint density at radius 2 is 1.28 bits per heavy atom. The Labute approximate surface area is 152 Å². The number of rotatable bonds is 3. The van der Waals surface area contributed by atoms with Gasteiger partial charge < -0.3 is 5.32 Å². The molecule has 2 aromatic heterocycles. The van der Waals surface area contributed by atoms with E-state index in [1.54, 1.807) is 22.7 Å². The maximum absolute atomic E-state index is 4.71. The predicted octanol–water partition coefficient (Wildman–Crippen LogP) is 6.32. The van der Waals surface area contributed by atoms with Gasteiger partial charge in [-0.2, -0.15) is 0 Å². The first kappa shape index (κ1) is 14.6. The lowest BCUT2D eigenvalue weighted by atomic mass is 10.2. The van der Waals surface area contributed by atoms with E-state index in [9.17, 15) is 0 Å². The molecule has 0 atom stereocenters. The molecule has 0 aliphatic carbocycles. The van der Waals surface area contributed by atoms with E-state index in [-0.39, 0.29) is 0 Å². The summed E-state index contributed by atoms with van der Waals surface area (Å²) in [7, 11) is 0. The molecule has 0 aliphatic rings. The number of anilines is 2. The highest BCUT2D eigenvalue weighted by Gasteiger charge is 2.07. The van der Waals surface area contributed by atoms with Crippen molar-refractivity contribution >= 4 is 53.9 Å². The van der Waals surface area contributed by atoms with Gasteiger partial charge >= 0.3 is 0 Å². The summed E-state index contributed by atoms with van der Waals surface area (Å²) in [5.41, 5.74) is 4.25. The van der Waals surface area contributed by atoms with Gasteiger partial charge in [0, 0.05) is 11.3 Å². The molecule has 3 nitrogen and oxygen atoms in total. The van der Waals surface area contributed by atoms with Gasteiger partial charge in [0.05, 0.1) is 20.4 Å². The zero-order valence-corrected chi connectivity index (χ0v) is 14.8. The van der Waals surface area contributed by atoms with E-state index in [2.05, 4.69) is 58.8 Å². The Morgan fingerprint density at radius 3 is 1.96 bits per heavy atom. The fourth-order valence-corrected chi connectivity index (χ4v) is 4.60. The lowest BCUT2D eigenvalue weighted by Gasteiger charge is -2.03. The number of hydrogen-bond acceptors (Lipinski definition) is 5. The molecular weight excluding hydrogens is 346 g/mol. The number of thiazole rings is 2. The maximum Gasteiger partial charge on any atom is 0.188 e. The van der Waals surface area contributed by atoms with Gasteiger partial charge in [0.2, 0.25) is 0 Å². The standard InChI is InChI=1S/C20H13N3S2/c1-3-7-17-15(5-1)22-19(24-17)13-9-11-14(12-10-13)21-20-23-16-6-2-4-8-18(16)25-20/h1-12H,(H,21,23). The van der Waals surface area contributed by atoms with Crippen molar-refractivity contribution in [2.75, 3.05) is 5.32 Å². The molecule has 25 heavy (non-hydrogen) atoms. The van der Waals surface area contributed by atoms with E-state index >= 15 is 0 Å². The summed E-state index contributed by atoms with van der Waals surface area (Å²) >= 11 is 3.38. The predicted molar refractivity (Wildman–Crippen MR) is 108 cm³/mol. The highest BCUT2D eigenvalue weighted by molar-refractivity contribution is 7.22. The summed E-state index contributed by atoms with van der Waals surface area (Å²) in [6.07, 6.45) is 0. The first-order valence-electron chi connectivity index (χ1n) is 7.94. The number of aromatic nitrogens is 2. The number of nitrogens with one attached hydrogen (secondary N) is 1. The van der Waals surface area contributed by atoms with Crippen molar-refractivity contribution in [2.45, 2.75) is 0 Å². The summed E-state index contributed by atoms with van der Waals surface area (Å²) in [5.74, 6) is 0. The van der Waals surface area contributed by atoms with E-state index in [4.69, 9.17) is 4.98 Å². The van der Waals surface area contributed by atoms with Crippen LogP contribution in [0.1, 0.15) is 0 Å². The molecule has 0 aliphatic heterocycles. The molecule has 0 radical (unpaired) electrons. The Bertz CT molecular complexity index is 1110. The molecule has 0 unspecified atom stereocenters. The van der Waals surface area contributed by atoms with Crippen molar-refractivity contribution in [3.63, 3.8) is 0 Å². The molecule has 3 aromatic carbocycles. The third kappa shape index (κ3) is 2.77. The van der Waals surface area contributed by atoms with Crippen LogP contribution in [0.3, 0.4) is 0 Å². The topological polar surface area (TPSA) is 37.8 Å². The fraction of sp³-hybridized carbons (Fsp3) is 0. The molecule has 120 valence electrons. The van der Waals surface area contributed by atoms with Crippen molar-refractivity contribution in [1.82, 2.24) is 9.97 Å². The van der Waals surface area contributed by atoms with E-state index in [0.29, 0.717) is 0 Å². The molecule has 0 saturated carbocycles. The molecule has 1 N–H and O–H groups in total. The second-order valence-corrected chi connectivity index (χ2v) is 7.74. The molecule has 0 bridgehead atoms. The van der Waals surface area contributed by atoms with Gasteiger partial charge in [0.25, 0.3) is 0 Å². The van der Waals surface area contributed by atoms with Crippen LogP contribution in [0.15, 0.2) is 72.8 Å². The minimum absolute atomic E-state index is 0.911. The van der Waals surface area contributed by atoms with Gasteiger partial charge in [0.15, 0.2) is 5.13 Å². The van der Waals surface area contributed by atoms with Gasteiger partial charge in [-0.25, -0.2) is 9.97 Å². The Morgan fingerprint density at radius 1 is 0.640 bits per heavy atom. The van der Waals surface area contributed by atoms with E-state index in [1.165, 1.54) is 9.40 Å². The second-order valence-electron chi connectivity index (χ2n) is 5.68. The number of para-hydroxylation sites is 2. The largest absolute Gasteiger partial charge is 0.332 e. The molecular formula is C20H13N3S2. The summed E-state index contributed by atoms with van der Waals surface area (Å²) in [6, 6.07) is 24.8. The van der Waals surface area contributed by atoms with Crippen LogP contribution in [0.5, 0.6) is 0 Å². The lowest BCUT2D eigenvalue weighted by Crippen LogP contribution is -1.88. The summed E-state index contributed by atoms with van der Waals surface area (Å²) < 4.78 is 2.41. The zero-order chi connectivity index (χ0) is 16.6. The Balaban J connectivity index is 1.42.